The second-order valence-corrected chi connectivity index (χ2v) is 4.43. The van der Waals surface area contributed by atoms with Gasteiger partial charge in [0.2, 0.25) is 0 Å². The predicted octanol–water partition coefficient (Wildman–Crippen LogP) is 3.69. The third-order valence-corrected chi connectivity index (χ3v) is 3.21. The SMILES string of the molecule is N[C@@H]1CCCc2cc(C(F)(F)F)c(Cl)cc21. The fourth-order valence-electron chi connectivity index (χ4n) is 2.08. The Balaban J connectivity index is 2.53. The van der Waals surface area contributed by atoms with Crippen LogP contribution in [0.2, 0.25) is 5.02 Å². The molecule has 5 heteroatoms. The zero-order chi connectivity index (χ0) is 11.9. The van der Waals surface area contributed by atoms with Gasteiger partial charge in [-0.1, -0.05) is 11.6 Å². The van der Waals surface area contributed by atoms with Crippen molar-refractivity contribution in [1.29, 1.82) is 0 Å². The normalized spacial score (nSPS) is 20.7. The van der Waals surface area contributed by atoms with E-state index in [0.29, 0.717) is 12.0 Å². The third kappa shape index (κ3) is 2.04. The van der Waals surface area contributed by atoms with Crippen LogP contribution >= 0.6 is 11.6 Å². The fourth-order valence-corrected chi connectivity index (χ4v) is 2.36. The van der Waals surface area contributed by atoms with Crippen molar-refractivity contribution in [1.82, 2.24) is 0 Å². The van der Waals surface area contributed by atoms with Crippen molar-refractivity contribution in [2.45, 2.75) is 31.5 Å². The molecule has 1 aromatic carbocycles. The Kier molecular flexibility index (Phi) is 2.88. The topological polar surface area (TPSA) is 26.0 Å². The van der Waals surface area contributed by atoms with Crippen LogP contribution in [-0.4, -0.2) is 0 Å². The highest BCUT2D eigenvalue weighted by Gasteiger charge is 2.34. The first-order valence-electron chi connectivity index (χ1n) is 5.04. The molecule has 0 heterocycles. The maximum absolute atomic E-state index is 12.6. The van der Waals surface area contributed by atoms with Crippen LogP contribution in [0.1, 0.15) is 35.6 Å². The average molecular weight is 250 g/mol. The molecule has 0 aromatic heterocycles. The van der Waals surface area contributed by atoms with Crippen molar-refractivity contribution in [2.75, 3.05) is 0 Å². The third-order valence-electron chi connectivity index (χ3n) is 2.90. The van der Waals surface area contributed by atoms with E-state index in [1.54, 1.807) is 0 Å². The van der Waals surface area contributed by atoms with Gasteiger partial charge in [-0.15, -0.1) is 0 Å². The lowest BCUT2D eigenvalue weighted by Crippen LogP contribution is -2.19. The molecule has 16 heavy (non-hydrogen) atoms. The van der Waals surface area contributed by atoms with E-state index in [4.69, 9.17) is 17.3 Å². The van der Waals surface area contributed by atoms with Gasteiger partial charge in [0.25, 0.3) is 0 Å². The van der Waals surface area contributed by atoms with Gasteiger partial charge in [-0.3, -0.25) is 0 Å². The molecule has 0 bridgehead atoms. The van der Waals surface area contributed by atoms with Gasteiger partial charge >= 0.3 is 6.18 Å². The fraction of sp³-hybridized carbons (Fsp3) is 0.455. The molecule has 88 valence electrons. The van der Waals surface area contributed by atoms with Gasteiger partial charge in [-0.25, -0.2) is 0 Å². The molecule has 1 aromatic rings. The maximum atomic E-state index is 12.6. The first-order valence-corrected chi connectivity index (χ1v) is 5.42. The van der Waals surface area contributed by atoms with Gasteiger partial charge in [0, 0.05) is 6.04 Å². The van der Waals surface area contributed by atoms with E-state index in [-0.39, 0.29) is 11.1 Å². The number of rotatable bonds is 0. The average Bonchev–Trinajstić information content (AvgIpc) is 2.17. The summed E-state index contributed by atoms with van der Waals surface area (Å²) >= 11 is 5.64. The molecule has 0 spiro atoms. The van der Waals surface area contributed by atoms with Gasteiger partial charge in [0.1, 0.15) is 0 Å². The number of halogens is 4. The summed E-state index contributed by atoms with van der Waals surface area (Å²) in [4.78, 5) is 0. The summed E-state index contributed by atoms with van der Waals surface area (Å²) in [5, 5.41) is -0.261. The van der Waals surface area contributed by atoms with Crippen molar-refractivity contribution >= 4 is 11.6 Å². The first kappa shape index (κ1) is 11.7. The van der Waals surface area contributed by atoms with E-state index < -0.39 is 11.7 Å². The monoisotopic (exact) mass is 249 g/mol. The number of hydrogen-bond donors (Lipinski definition) is 1. The molecule has 0 fully saturated rings. The molecular formula is C11H11ClF3N. The molecule has 0 unspecified atom stereocenters. The predicted molar refractivity (Wildman–Crippen MR) is 56.3 cm³/mol. The molecule has 1 aliphatic carbocycles. The van der Waals surface area contributed by atoms with Crippen molar-refractivity contribution in [3.05, 3.63) is 33.8 Å². The smallest absolute Gasteiger partial charge is 0.324 e. The van der Waals surface area contributed by atoms with Crippen LogP contribution in [-0.2, 0) is 12.6 Å². The summed E-state index contributed by atoms with van der Waals surface area (Å²) in [7, 11) is 0. The van der Waals surface area contributed by atoms with Crippen molar-refractivity contribution in [3.8, 4) is 0 Å². The Hall–Kier alpha value is -0.740. The molecule has 1 nitrogen and oxygen atoms in total. The van der Waals surface area contributed by atoms with E-state index in [9.17, 15) is 13.2 Å². The van der Waals surface area contributed by atoms with Crippen LogP contribution < -0.4 is 5.73 Å². The number of hydrogen-bond acceptors (Lipinski definition) is 1. The van der Waals surface area contributed by atoms with Gasteiger partial charge in [0.15, 0.2) is 0 Å². The van der Waals surface area contributed by atoms with Crippen LogP contribution in [0.15, 0.2) is 12.1 Å². The van der Waals surface area contributed by atoms with Gasteiger partial charge < -0.3 is 5.73 Å². The van der Waals surface area contributed by atoms with Crippen molar-refractivity contribution in [2.24, 2.45) is 5.73 Å². The lowest BCUT2D eigenvalue weighted by molar-refractivity contribution is -0.137. The van der Waals surface area contributed by atoms with E-state index in [0.717, 1.165) is 24.5 Å². The van der Waals surface area contributed by atoms with Crippen LogP contribution in [0, 0.1) is 0 Å². The minimum absolute atomic E-state index is 0.191. The van der Waals surface area contributed by atoms with Crippen molar-refractivity contribution < 1.29 is 13.2 Å². The molecule has 0 saturated carbocycles. The lowest BCUT2D eigenvalue weighted by atomic mass is 9.87. The van der Waals surface area contributed by atoms with Crippen molar-refractivity contribution in [3.63, 3.8) is 0 Å². The van der Waals surface area contributed by atoms with Crippen LogP contribution in [0.25, 0.3) is 0 Å². The van der Waals surface area contributed by atoms with E-state index >= 15 is 0 Å². The van der Waals surface area contributed by atoms with Crippen LogP contribution in [0.3, 0.4) is 0 Å². The summed E-state index contributed by atoms with van der Waals surface area (Å²) in [5.74, 6) is 0. The molecule has 0 radical (unpaired) electrons. The molecule has 0 aliphatic heterocycles. The Bertz CT molecular complexity index is 414. The largest absolute Gasteiger partial charge is 0.417 e. The number of fused-ring (bicyclic) bond motifs is 1. The maximum Gasteiger partial charge on any atom is 0.417 e. The standard InChI is InChI=1S/C11H11ClF3N/c12-9-5-7-6(2-1-3-10(7)16)4-8(9)11(13,14)15/h4-5,10H,1-3,16H2/t10-/m1/s1. The van der Waals surface area contributed by atoms with Gasteiger partial charge in [0.05, 0.1) is 10.6 Å². The molecule has 0 amide bonds. The van der Waals surface area contributed by atoms with E-state index in [1.165, 1.54) is 6.07 Å². The Morgan fingerprint density at radius 3 is 2.62 bits per heavy atom. The second kappa shape index (κ2) is 3.93. The van der Waals surface area contributed by atoms with Gasteiger partial charge in [-0.05, 0) is 42.5 Å². The Labute approximate surface area is 96.4 Å². The molecule has 2 rings (SSSR count). The highest BCUT2D eigenvalue weighted by atomic mass is 35.5. The number of aryl methyl sites for hydroxylation is 1. The number of benzene rings is 1. The summed E-state index contributed by atoms with van der Waals surface area (Å²) in [5.41, 5.74) is 6.50. The second-order valence-electron chi connectivity index (χ2n) is 4.03. The minimum atomic E-state index is -4.40. The Morgan fingerprint density at radius 2 is 2.00 bits per heavy atom. The number of alkyl halides is 3. The summed E-state index contributed by atoms with van der Waals surface area (Å²) < 4.78 is 37.8. The number of nitrogens with two attached hydrogens (primary N) is 1. The zero-order valence-electron chi connectivity index (χ0n) is 8.44. The quantitative estimate of drug-likeness (QED) is 0.746. The zero-order valence-corrected chi connectivity index (χ0v) is 9.20. The Morgan fingerprint density at radius 1 is 1.31 bits per heavy atom. The molecule has 2 N–H and O–H groups in total. The lowest BCUT2D eigenvalue weighted by Gasteiger charge is -2.24. The highest BCUT2D eigenvalue weighted by molar-refractivity contribution is 6.31. The summed E-state index contributed by atoms with van der Waals surface area (Å²) in [6, 6.07) is 2.31. The first-order chi connectivity index (χ1) is 7.39. The van der Waals surface area contributed by atoms with Crippen LogP contribution in [0.4, 0.5) is 13.2 Å². The van der Waals surface area contributed by atoms with Crippen LogP contribution in [0.5, 0.6) is 0 Å². The summed E-state index contributed by atoms with van der Waals surface area (Å²) in [6.07, 6.45) is -2.13. The molecular weight excluding hydrogens is 239 g/mol. The van der Waals surface area contributed by atoms with Gasteiger partial charge in [-0.2, -0.15) is 13.2 Å². The molecule has 1 atom stereocenters. The summed E-state index contributed by atoms with van der Waals surface area (Å²) in [6.45, 7) is 0. The molecule has 0 saturated heterocycles. The molecule has 1 aliphatic rings. The van der Waals surface area contributed by atoms with E-state index in [2.05, 4.69) is 0 Å². The highest BCUT2D eigenvalue weighted by Crippen LogP contribution is 2.39. The van der Waals surface area contributed by atoms with E-state index in [1.807, 2.05) is 0 Å². The minimum Gasteiger partial charge on any atom is -0.324 e.